The van der Waals surface area contributed by atoms with Gasteiger partial charge in [-0.3, -0.25) is 4.98 Å². The molecule has 0 spiro atoms. The van der Waals surface area contributed by atoms with Gasteiger partial charge in [-0.05, 0) is 45.9 Å². The molecule has 0 radical (unpaired) electrons. The van der Waals surface area contributed by atoms with E-state index in [9.17, 15) is 0 Å². The minimum atomic E-state index is 0.604. The van der Waals surface area contributed by atoms with Crippen molar-refractivity contribution in [1.29, 1.82) is 0 Å². The summed E-state index contributed by atoms with van der Waals surface area (Å²) in [5, 5.41) is 11.3. The van der Waals surface area contributed by atoms with Gasteiger partial charge in [-0.15, -0.1) is 0 Å². The summed E-state index contributed by atoms with van der Waals surface area (Å²) in [6.45, 7) is 7.68. The Bertz CT molecular complexity index is 1600. The average Bonchev–Trinajstić information content (AvgIpc) is 3.41. The molecule has 37 heavy (non-hydrogen) atoms. The highest BCUT2D eigenvalue weighted by Gasteiger charge is 2.16. The number of hydrogen-bond acceptors (Lipinski definition) is 10. The fourth-order valence-corrected chi connectivity index (χ4v) is 4.39. The zero-order chi connectivity index (χ0) is 26.3. The molecule has 0 bridgehead atoms. The summed E-state index contributed by atoms with van der Waals surface area (Å²) in [5.74, 6) is 3.57. The molecular weight excluding hydrogens is 486 g/mol. The van der Waals surface area contributed by atoms with Gasteiger partial charge in [-0.25, -0.2) is 24.6 Å². The van der Waals surface area contributed by atoms with E-state index in [1.165, 1.54) is 0 Å². The number of benzene rings is 1. The number of rotatable bonds is 7. The van der Waals surface area contributed by atoms with E-state index < -0.39 is 0 Å². The number of hydrogen-bond donors (Lipinski definition) is 3. The van der Waals surface area contributed by atoms with Crippen LogP contribution in [0.2, 0.25) is 0 Å². The maximum atomic E-state index is 4.69. The summed E-state index contributed by atoms with van der Waals surface area (Å²) in [6, 6.07) is 8.16. The number of nitrogens with one attached hydrogen (secondary N) is 3. The van der Waals surface area contributed by atoms with E-state index in [-0.39, 0.29) is 0 Å². The lowest BCUT2D eigenvalue weighted by molar-refractivity contribution is 0.764. The van der Waals surface area contributed by atoms with Crippen molar-refractivity contribution >= 4 is 51.8 Å². The topological polar surface area (TPSA) is 125 Å². The molecule has 3 N–H and O–H groups in total. The standard InChI is InChI=1S/C25H29N11S/c1-13-14(2)27-22(12-26-13)32-21-11-19(23-24(33-21)29-15(3)28-23)31-18-9-8-17(10-20(18)36(6)37-7)25-30-16(4)34-35(25)5/h8-12H,1-7H3,(H3,27,28,29,31,32,33). The lowest BCUT2D eigenvalue weighted by atomic mass is 10.1. The number of aromatic amines is 1. The number of pyridine rings is 1. The quantitative estimate of drug-likeness (QED) is 0.256. The molecule has 0 amide bonds. The molecule has 0 aliphatic carbocycles. The fraction of sp³-hybridized carbons (Fsp3) is 0.280. The average molecular weight is 516 g/mol. The second kappa shape index (κ2) is 9.69. The summed E-state index contributed by atoms with van der Waals surface area (Å²) in [7, 11) is 3.94. The van der Waals surface area contributed by atoms with Gasteiger partial charge >= 0.3 is 0 Å². The van der Waals surface area contributed by atoms with E-state index in [4.69, 9.17) is 4.98 Å². The van der Waals surface area contributed by atoms with E-state index in [2.05, 4.69) is 57.1 Å². The molecule has 0 saturated heterocycles. The summed E-state index contributed by atoms with van der Waals surface area (Å²) in [4.78, 5) is 26.2. The molecule has 0 fully saturated rings. The van der Waals surface area contributed by atoms with E-state index in [0.29, 0.717) is 17.3 Å². The first kappa shape index (κ1) is 24.5. The minimum absolute atomic E-state index is 0.604. The lowest BCUT2D eigenvalue weighted by Crippen LogP contribution is -2.09. The van der Waals surface area contributed by atoms with Gasteiger partial charge in [0.25, 0.3) is 0 Å². The number of fused-ring (bicyclic) bond motifs is 1. The first-order valence-corrected chi connectivity index (χ1v) is 12.9. The summed E-state index contributed by atoms with van der Waals surface area (Å²) in [5.41, 5.74) is 6.93. The Morgan fingerprint density at radius 1 is 0.919 bits per heavy atom. The van der Waals surface area contributed by atoms with Gasteiger partial charge in [-0.1, -0.05) is 11.9 Å². The van der Waals surface area contributed by atoms with Crippen LogP contribution < -0.4 is 14.9 Å². The number of aromatic nitrogens is 8. The monoisotopic (exact) mass is 515 g/mol. The van der Waals surface area contributed by atoms with Gasteiger partial charge in [0, 0.05) is 32.0 Å². The summed E-state index contributed by atoms with van der Waals surface area (Å²) in [6.07, 6.45) is 3.74. The highest BCUT2D eigenvalue weighted by Crippen LogP contribution is 2.37. The second-order valence-electron chi connectivity index (χ2n) is 8.77. The van der Waals surface area contributed by atoms with Crippen molar-refractivity contribution in [3.8, 4) is 11.4 Å². The van der Waals surface area contributed by atoms with Gasteiger partial charge in [0.05, 0.1) is 34.6 Å². The van der Waals surface area contributed by atoms with Crippen LogP contribution in [0.5, 0.6) is 0 Å². The van der Waals surface area contributed by atoms with Crippen LogP contribution in [0.25, 0.3) is 22.6 Å². The maximum Gasteiger partial charge on any atom is 0.181 e. The molecule has 0 unspecified atom stereocenters. The Balaban J connectivity index is 1.56. The summed E-state index contributed by atoms with van der Waals surface area (Å²) >= 11 is 1.62. The van der Waals surface area contributed by atoms with Gasteiger partial charge in [0.15, 0.2) is 11.5 Å². The van der Waals surface area contributed by atoms with E-state index in [1.54, 1.807) is 22.8 Å². The van der Waals surface area contributed by atoms with E-state index in [0.717, 1.165) is 57.0 Å². The normalized spacial score (nSPS) is 11.2. The van der Waals surface area contributed by atoms with Crippen LogP contribution in [-0.2, 0) is 7.05 Å². The van der Waals surface area contributed by atoms with Crippen molar-refractivity contribution in [3.63, 3.8) is 0 Å². The molecular formula is C25H29N11S. The molecule has 12 heteroatoms. The predicted molar refractivity (Wildman–Crippen MR) is 150 cm³/mol. The van der Waals surface area contributed by atoms with Crippen LogP contribution in [0.3, 0.4) is 0 Å². The molecule has 190 valence electrons. The van der Waals surface area contributed by atoms with Crippen LogP contribution in [0.15, 0.2) is 30.5 Å². The third kappa shape index (κ3) is 4.92. The zero-order valence-electron chi connectivity index (χ0n) is 21.9. The van der Waals surface area contributed by atoms with Crippen molar-refractivity contribution in [2.45, 2.75) is 27.7 Å². The molecule has 5 rings (SSSR count). The van der Waals surface area contributed by atoms with E-state index in [1.807, 2.05) is 60.2 Å². The SMILES string of the molecule is CSN(C)c1cc(-c2nc(C)nn2C)ccc1Nc1cc(Nc2cnc(C)c(C)n2)nc2nc(C)[nH]c12. The molecule has 11 nitrogen and oxygen atoms in total. The number of aryl methyl sites for hydroxylation is 5. The predicted octanol–water partition coefficient (Wildman–Crippen LogP) is 4.98. The highest BCUT2D eigenvalue weighted by atomic mass is 32.2. The lowest BCUT2D eigenvalue weighted by Gasteiger charge is -2.21. The second-order valence-corrected chi connectivity index (χ2v) is 9.68. The number of H-pyrrole nitrogens is 1. The van der Waals surface area contributed by atoms with Crippen LogP contribution in [0.1, 0.15) is 23.0 Å². The van der Waals surface area contributed by atoms with Crippen LogP contribution >= 0.6 is 11.9 Å². The molecule has 5 aromatic rings. The largest absolute Gasteiger partial charge is 0.352 e. The van der Waals surface area contributed by atoms with E-state index >= 15 is 0 Å². The van der Waals surface area contributed by atoms with Gasteiger partial charge < -0.3 is 19.9 Å². The minimum Gasteiger partial charge on any atom is -0.352 e. The highest BCUT2D eigenvalue weighted by molar-refractivity contribution is 7.99. The van der Waals surface area contributed by atoms with Crippen molar-refractivity contribution in [3.05, 3.63) is 53.5 Å². The van der Waals surface area contributed by atoms with Crippen LogP contribution in [0.4, 0.5) is 28.7 Å². The van der Waals surface area contributed by atoms with Crippen molar-refractivity contribution in [1.82, 2.24) is 39.7 Å². The van der Waals surface area contributed by atoms with Crippen molar-refractivity contribution < 1.29 is 0 Å². The van der Waals surface area contributed by atoms with Crippen LogP contribution in [-0.4, -0.2) is 53.0 Å². The summed E-state index contributed by atoms with van der Waals surface area (Å²) < 4.78 is 3.91. The smallest absolute Gasteiger partial charge is 0.181 e. The molecule has 1 aromatic carbocycles. The maximum absolute atomic E-state index is 4.69. The Morgan fingerprint density at radius 2 is 1.73 bits per heavy atom. The Morgan fingerprint density at radius 3 is 2.43 bits per heavy atom. The van der Waals surface area contributed by atoms with Crippen LogP contribution in [0, 0.1) is 27.7 Å². The van der Waals surface area contributed by atoms with Crippen molar-refractivity contribution in [2.24, 2.45) is 7.05 Å². The fourth-order valence-electron chi connectivity index (χ4n) is 4.04. The van der Waals surface area contributed by atoms with Gasteiger partial charge in [0.2, 0.25) is 0 Å². The number of imidazole rings is 1. The Kier molecular flexibility index (Phi) is 6.42. The van der Waals surface area contributed by atoms with Gasteiger partial charge in [0.1, 0.15) is 28.8 Å². The van der Waals surface area contributed by atoms with Crippen molar-refractivity contribution in [2.75, 3.05) is 28.2 Å². The van der Waals surface area contributed by atoms with Gasteiger partial charge in [-0.2, -0.15) is 5.10 Å². The number of anilines is 5. The first-order valence-electron chi connectivity index (χ1n) is 11.7. The molecule has 0 saturated carbocycles. The number of nitrogens with zero attached hydrogens (tertiary/aromatic N) is 8. The molecule has 4 aromatic heterocycles. The Hall–Kier alpha value is -4.19. The molecule has 0 aliphatic rings. The third-order valence-corrected chi connectivity index (χ3v) is 6.78. The molecule has 4 heterocycles. The first-order chi connectivity index (χ1) is 17.7. The Labute approximate surface area is 219 Å². The third-order valence-electron chi connectivity index (χ3n) is 6.04. The molecule has 0 aliphatic heterocycles. The molecule has 0 atom stereocenters. The zero-order valence-corrected chi connectivity index (χ0v) is 22.7.